The van der Waals surface area contributed by atoms with Crippen molar-refractivity contribution < 1.29 is 9.90 Å². The van der Waals surface area contributed by atoms with Gasteiger partial charge < -0.3 is 10.4 Å². The smallest absolute Gasteiger partial charge is 0.353 e. The minimum atomic E-state index is -0.912. The summed E-state index contributed by atoms with van der Waals surface area (Å²) in [5.41, 5.74) is 5.92. The molecule has 5 heteroatoms. The van der Waals surface area contributed by atoms with Crippen LogP contribution < -0.4 is 5.32 Å². The lowest BCUT2D eigenvalue weighted by molar-refractivity contribution is 0.0687. The van der Waals surface area contributed by atoms with Gasteiger partial charge in [0.25, 0.3) is 0 Å². The molecule has 0 atom stereocenters. The molecule has 3 heterocycles. The van der Waals surface area contributed by atoms with Crippen molar-refractivity contribution in [3.63, 3.8) is 0 Å². The molecule has 122 valence electrons. The average Bonchev–Trinajstić information content (AvgIpc) is 3.07. The van der Waals surface area contributed by atoms with Crippen LogP contribution in [0.3, 0.4) is 0 Å². The van der Waals surface area contributed by atoms with Crippen molar-refractivity contribution in [2.24, 2.45) is 0 Å². The van der Waals surface area contributed by atoms with Gasteiger partial charge in [-0.1, -0.05) is 24.3 Å². The zero-order chi connectivity index (χ0) is 16.5. The number of pyridine rings is 1. The summed E-state index contributed by atoms with van der Waals surface area (Å²) in [5, 5.41) is 13.0. The largest absolute Gasteiger partial charge is 0.477 e. The summed E-state index contributed by atoms with van der Waals surface area (Å²) >= 11 is 0. The quantitative estimate of drug-likeness (QED) is 0.775. The summed E-state index contributed by atoms with van der Waals surface area (Å²) in [6, 6.07) is 10.2. The van der Waals surface area contributed by atoms with Crippen LogP contribution >= 0.6 is 0 Å². The summed E-state index contributed by atoms with van der Waals surface area (Å²) in [6.07, 6.45) is 5.93. The molecule has 0 saturated heterocycles. The number of aromatic nitrogens is 2. The summed E-state index contributed by atoms with van der Waals surface area (Å²) in [6.45, 7) is 1.93. The topological polar surface area (TPSA) is 66.6 Å². The number of nitrogens with one attached hydrogen (secondary N) is 1. The normalized spacial score (nSPS) is 13.8. The van der Waals surface area contributed by atoms with E-state index in [-0.39, 0.29) is 0 Å². The minimum Gasteiger partial charge on any atom is -0.477 e. The zero-order valence-electron chi connectivity index (χ0n) is 13.3. The number of hydrogen-bond acceptors (Lipinski definition) is 3. The van der Waals surface area contributed by atoms with E-state index in [0.29, 0.717) is 17.8 Å². The fraction of sp³-hybridized carbons (Fsp3) is 0.263. The molecule has 5 nitrogen and oxygen atoms in total. The maximum Gasteiger partial charge on any atom is 0.353 e. The zero-order valence-corrected chi connectivity index (χ0v) is 13.3. The molecule has 2 aromatic heterocycles. The predicted octanol–water partition coefficient (Wildman–Crippen LogP) is 2.46. The highest BCUT2D eigenvalue weighted by Crippen LogP contribution is 2.21. The van der Waals surface area contributed by atoms with E-state index in [4.69, 9.17) is 0 Å². The van der Waals surface area contributed by atoms with Gasteiger partial charge in [-0.15, -0.1) is 0 Å². The van der Waals surface area contributed by atoms with Crippen LogP contribution in [0.4, 0.5) is 0 Å². The molecule has 0 spiro atoms. The van der Waals surface area contributed by atoms with Crippen molar-refractivity contribution in [2.45, 2.75) is 25.8 Å². The van der Waals surface area contributed by atoms with E-state index in [9.17, 15) is 9.90 Å². The first-order valence-corrected chi connectivity index (χ1v) is 8.22. The van der Waals surface area contributed by atoms with E-state index in [0.717, 1.165) is 31.5 Å². The lowest BCUT2D eigenvalue weighted by Gasteiger charge is -2.20. The van der Waals surface area contributed by atoms with E-state index in [1.54, 1.807) is 16.8 Å². The Kier molecular flexibility index (Phi) is 3.78. The molecule has 0 radical (unpaired) electrons. The van der Waals surface area contributed by atoms with Gasteiger partial charge in [0.1, 0.15) is 11.3 Å². The number of aryl methyl sites for hydroxylation is 2. The van der Waals surface area contributed by atoms with Crippen LogP contribution in [-0.4, -0.2) is 27.0 Å². The van der Waals surface area contributed by atoms with Crippen LogP contribution in [0.1, 0.15) is 32.7 Å². The van der Waals surface area contributed by atoms with Gasteiger partial charge in [-0.05, 0) is 54.1 Å². The van der Waals surface area contributed by atoms with Gasteiger partial charge in [0.05, 0.1) is 0 Å². The molecular formula is C19H19N3O2. The lowest BCUT2D eigenvalue weighted by Crippen LogP contribution is -2.24. The highest BCUT2D eigenvalue weighted by Gasteiger charge is 2.17. The molecular weight excluding hydrogens is 302 g/mol. The predicted molar refractivity (Wildman–Crippen MR) is 91.4 cm³/mol. The van der Waals surface area contributed by atoms with Gasteiger partial charge in [0.2, 0.25) is 0 Å². The monoisotopic (exact) mass is 321 g/mol. The molecule has 0 amide bonds. The molecule has 1 aromatic carbocycles. The fourth-order valence-corrected chi connectivity index (χ4v) is 3.57. The SMILES string of the molecule is O=C(O)c1c(CCc2cccc3c2CNCC3)ccc2nccn12. The molecule has 4 rings (SSSR count). The van der Waals surface area contributed by atoms with Crippen LogP contribution in [-0.2, 0) is 25.8 Å². The van der Waals surface area contributed by atoms with E-state index >= 15 is 0 Å². The third kappa shape index (κ3) is 2.57. The maximum absolute atomic E-state index is 11.7. The number of nitrogens with zero attached hydrogens (tertiary/aromatic N) is 2. The summed E-state index contributed by atoms with van der Waals surface area (Å²) in [5.74, 6) is -0.912. The van der Waals surface area contributed by atoms with Crippen molar-refractivity contribution in [1.82, 2.24) is 14.7 Å². The Morgan fingerprint density at radius 2 is 2.08 bits per heavy atom. The molecule has 0 aliphatic carbocycles. The summed E-state index contributed by atoms with van der Waals surface area (Å²) in [7, 11) is 0. The number of aromatic carboxylic acids is 1. The molecule has 0 unspecified atom stereocenters. The van der Waals surface area contributed by atoms with Gasteiger partial charge in [-0.25, -0.2) is 9.78 Å². The fourth-order valence-electron chi connectivity index (χ4n) is 3.57. The maximum atomic E-state index is 11.7. The Balaban J connectivity index is 1.66. The first-order chi connectivity index (χ1) is 11.7. The van der Waals surface area contributed by atoms with E-state index in [1.807, 2.05) is 12.1 Å². The van der Waals surface area contributed by atoms with Crippen molar-refractivity contribution in [3.8, 4) is 0 Å². The lowest BCUT2D eigenvalue weighted by atomic mass is 9.92. The van der Waals surface area contributed by atoms with Crippen LogP contribution in [0.5, 0.6) is 0 Å². The first-order valence-electron chi connectivity index (χ1n) is 8.22. The first kappa shape index (κ1) is 14.9. The van der Waals surface area contributed by atoms with E-state index in [1.165, 1.54) is 16.7 Å². The van der Waals surface area contributed by atoms with E-state index < -0.39 is 5.97 Å². The number of rotatable bonds is 4. The summed E-state index contributed by atoms with van der Waals surface area (Å²) in [4.78, 5) is 15.9. The van der Waals surface area contributed by atoms with Gasteiger partial charge in [-0.2, -0.15) is 0 Å². The Bertz CT molecular complexity index is 914. The van der Waals surface area contributed by atoms with Crippen LogP contribution in [0.25, 0.3) is 5.65 Å². The Morgan fingerprint density at radius 3 is 2.96 bits per heavy atom. The standard InChI is InChI=1S/C19H19N3O2/c23-19(24)18-15(6-7-17-21-10-11-22(17)18)5-4-13-2-1-3-14-8-9-20-12-16(13)14/h1-3,6-7,10-11,20H,4-5,8-9,12H2,(H,23,24). The molecule has 2 N–H and O–H groups in total. The summed E-state index contributed by atoms with van der Waals surface area (Å²) < 4.78 is 1.65. The minimum absolute atomic E-state index is 0.313. The van der Waals surface area contributed by atoms with Crippen molar-refractivity contribution in [3.05, 3.63) is 70.7 Å². The van der Waals surface area contributed by atoms with Gasteiger partial charge >= 0.3 is 5.97 Å². The number of hydrogen-bond donors (Lipinski definition) is 2. The highest BCUT2D eigenvalue weighted by atomic mass is 16.4. The number of fused-ring (bicyclic) bond motifs is 2. The molecule has 0 fully saturated rings. The van der Waals surface area contributed by atoms with Gasteiger partial charge in [0, 0.05) is 18.9 Å². The second-order valence-electron chi connectivity index (χ2n) is 6.15. The molecule has 0 saturated carbocycles. The number of imidazole rings is 1. The van der Waals surface area contributed by atoms with Crippen molar-refractivity contribution >= 4 is 11.6 Å². The molecule has 24 heavy (non-hydrogen) atoms. The molecule has 0 bridgehead atoms. The Morgan fingerprint density at radius 1 is 1.21 bits per heavy atom. The number of carbonyl (C=O) groups is 1. The highest BCUT2D eigenvalue weighted by molar-refractivity contribution is 5.88. The van der Waals surface area contributed by atoms with Gasteiger partial charge in [0.15, 0.2) is 0 Å². The van der Waals surface area contributed by atoms with Crippen molar-refractivity contribution in [2.75, 3.05) is 6.54 Å². The number of carboxylic acids is 1. The third-order valence-electron chi connectivity index (χ3n) is 4.76. The van der Waals surface area contributed by atoms with Crippen molar-refractivity contribution in [1.29, 1.82) is 0 Å². The molecule has 3 aromatic rings. The van der Waals surface area contributed by atoms with E-state index in [2.05, 4.69) is 28.5 Å². The molecule has 1 aliphatic rings. The number of carboxylic acid groups (broad SMARTS) is 1. The Hall–Kier alpha value is -2.66. The molecule has 1 aliphatic heterocycles. The number of benzene rings is 1. The van der Waals surface area contributed by atoms with Crippen LogP contribution in [0.15, 0.2) is 42.7 Å². The average molecular weight is 321 g/mol. The second-order valence-corrected chi connectivity index (χ2v) is 6.15. The second kappa shape index (κ2) is 6.09. The van der Waals surface area contributed by atoms with Crippen LogP contribution in [0, 0.1) is 0 Å². The van der Waals surface area contributed by atoms with Crippen LogP contribution in [0.2, 0.25) is 0 Å². The Labute approximate surface area is 140 Å². The van der Waals surface area contributed by atoms with Gasteiger partial charge in [-0.3, -0.25) is 4.40 Å². The third-order valence-corrected chi connectivity index (χ3v) is 4.76.